The number of amides is 1. The highest BCUT2D eigenvalue weighted by Crippen LogP contribution is 2.53. The lowest BCUT2D eigenvalue weighted by atomic mass is 10.2. The number of hydrogen-bond donors (Lipinski definition) is 2. The van der Waals surface area contributed by atoms with Crippen LogP contribution in [0.15, 0.2) is 24.3 Å². The topological polar surface area (TPSA) is 77.8 Å². The van der Waals surface area contributed by atoms with Crippen LogP contribution in [0, 0.1) is 17.8 Å². The normalized spacial score (nSPS) is 30.2. The molecular weight excluding hydrogens is 222 g/mol. The summed E-state index contributed by atoms with van der Waals surface area (Å²) in [6.07, 6.45) is 0. The van der Waals surface area contributed by atoms with Gasteiger partial charge < -0.3 is 15.1 Å². The van der Waals surface area contributed by atoms with E-state index in [4.69, 9.17) is 10.2 Å². The largest absolute Gasteiger partial charge is 0.508 e. The fourth-order valence-electron chi connectivity index (χ4n) is 2.62. The first-order valence-corrected chi connectivity index (χ1v) is 5.43. The van der Waals surface area contributed by atoms with Crippen LogP contribution in [0.1, 0.15) is 0 Å². The van der Waals surface area contributed by atoms with Gasteiger partial charge in [-0.05, 0) is 24.3 Å². The lowest BCUT2D eigenvalue weighted by Gasteiger charge is -2.19. The van der Waals surface area contributed by atoms with Gasteiger partial charge in [0.15, 0.2) is 0 Å². The minimum atomic E-state index is -0.876. The maximum atomic E-state index is 11.9. The van der Waals surface area contributed by atoms with Crippen LogP contribution in [0.5, 0.6) is 5.75 Å². The zero-order chi connectivity index (χ0) is 12.2. The molecule has 2 fully saturated rings. The van der Waals surface area contributed by atoms with E-state index >= 15 is 0 Å². The molecule has 0 radical (unpaired) electrons. The van der Waals surface area contributed by atoms with Crippen molar-refractivity contribution < 1.29 is 19.8 Å². The van der Waals surface area contributed by atoms with Crippen LogP contribution in [0.25, 0.3) is 0 Å². The van der Waals surface area contributed by atoms with E-state index in [0.29, 0.717) is 12.2 Å². The fraction of sp³-hybridized carbons (Fsp3) is 0.333. The Morgan fingerprint density at radius 3 is 2.41 bits per heavy atom. The zero-order valence-corrected chi connectivity index (χ0v) is 8.91. The first-order valence-electron chi connectivity index (χ1n) is 5.43. The molecule has 2 N–H and O–H groups in total. The number of rotatable bonds is 2. The van der Waals surface area contributed by atoms with Gasteiger partial charge in [-0.2, -0.15) is 0 Å². The van der Waals surface area contributed by atoms with Gasteiger partial charge in [-0.15, -0.1) is 0 Å². The number of piperidine rings is 1. The molecule has 1 aliphatic heterocycles. The number of carbonyl (C=O) groups is 2. The van der Waals surface area contributed by atoms with E-state index in [2.05, 4.69) is 0 Å². The van der Waals surface area contributed by atoms with Crippen molar-refractivity contribution in [3.05, 3.63) is 24.3 Å². The van der Waals surface area contributed by atoms with E-state index < -0.39 is 11.9 Å². The van der Waals surface area contributed by atoms with Crippen molar-refractivity contribution in [3.63, 3.8) is 0 Å². The molecule has 0 bridgehead atoms. The maximum absolute atomic E-state index is 11.9. The van der Waals surface area contributed by atoms with Crippen LogP contribution in [0.2, 0.25) is 0 Å². The molecule has 1 saturated carbocycles. The predicted octanol–water partition coefficient (Wildman–Crippen LogP) is 0.686. The zero-order valence-electron chi connectivity index (χ0n) is 8.91. The average Bonchev–Trinajstić information content (AvgIpc) is 2.92. The number of aromatic hydroxyl groups is 1. The number of carbonyl (C=O) groups excluding carboxylic acids is 1. The Morgan fingerprint density at radius 2 is 1.94 bits per heavy atom. The number of carboxylic acid groups (broad SMARTS) is 1. The third kappa shape index (κ3) is 1.39. The quantitative estimate of drug-likeness (QED) is 0.787. The van der Waals surface area contributed by atoms with Crippen LogP contribution < -0.4 is 4.90 Å². The van der Waals surface area contributed by atoms with E-state index in [1.807, 2.05) is 0 Å². The van der Waals surface area contributed by atoms with E-state index in [1.165, 1.54) is 12.1 Å². The van der Waals surface area contributed by atoms with Crippen molar-refractivity contribution in [2.75, 3.05) is 11.4 Å². The number of carboxylic acids is 1. The molecule has 3 atom stereocenters. The van der Waals surface area contributed by atoms with Gasteiger partial charge in [-0.1, -0.05) is 0 Å². The Morgan fingerprint density at radius 1 is 1.29 bits per heavy atom. The molecule has 0 spiro atoms. The Balaban J connectivity index is 1.80. The van der Waals surface area contributed by atoms with Gasteiger partial charge in [0.1, 0.15) is 5.75 Å². The van der Waals surface area contributed by atoms with Crippen LogP contribution in [-0.4, -0.2) is 28.6 Å². The molecule has 1 aliphatic carbocycles. The number of anilines is 1. The summed E-state index contributed by atoms with van der Waals surface area (Å²) in [5.74, 6) is -1.73. The molecule has 1 aromatic carbocycles. The molecule has 1 aromatic rings. The number of aliphatic carboxylic acids is 1. The highest BCUT2D eigenvalue weighted by atomic mass is 16.4. The molecule has 17 heavy (non-hydrogen) atoms. The lowest BCUT2D eigenvalue weighted by molar-refractivity contribution is -0.140. The Kier molecular flexibility index (Phi) is 1.92. The second-order valence-corrected chi connectivity index (χ2v) is 4.52. The van der Waals surface area contributed by atoms with Crippen molar-refractivity contribution in [3.8, 4) is 5.75 Å². The van der Waals surface area contributed by atoms with Crippen LogP contribution in [0.3, 0.4) is 0 Å². The summed E-state index contributed by atoms with van der Waals surface area (Å²) >= 11 is 0. The number of nitrogens with zero attached hydrogens (tertiary/aromatic N) is 1. The summed E-state index contributed by atoms with van der Waals surface area (Å²) in [4.78, 5) is 24.3. The second kappa shape index (κ2) is 3.23. The highest BCUT2D eigenvalue weighted by Gasteiger charge is 2.65. The van der Waals surface area contributed by atoms with Gasteiger partial charge in [-0.25, -0.2) is 0 Å². The summed E-state index contributed by atoms with van der Waals surface area (Å²) in [6.45, 7) is 0.464. The molecule has 1 heterocycles. The minimum absolute atomic E-state index is 0.0474. The van der Waals surface area contributed by atoms with Crippen molar-refractivity contribution in [1.29, 1.82) is 0 Å². The van der Waals surface area contributed by atoms with E-state index in [0.717, 1.165) is 0 Å². The molecule has 3 rings (SSSR count). The Bertz CT molecular complexity index is 496. The van der Waals surface area contributed by atoms with Crippen LogP contribution in [-0.2, 0) is 9.59 Å². The van der Waals surface area contributed by atoms with Crippen molar-refractivity contribution in [2.45, 2.75) is 0 Å². The van der Waals surface area contributed by atoms with Crippen molar-refractivity contribution in [1.82, 2.24) is 0 Å². The van der Waals surface area contributed by atoms with Gasteiger partial charge in [-0.3, -0.25) is 9.59 Å². The molecule has 88 valence electrons. The summed E-state index contributed by atoms with van der Waals surface area (Å²) in [7, 11) is 0. The van der Waals surface area contributed by atoms with E-state index in [1.54, 1.807) is 17.0 Å². The average molecular weight is 233 g/mol. The third-order valence-electron chi connectivity index (χ3n) is 3.56. The number of phenolic OH excluding ortho intramolecular Hbond substituents is 1. The fourth-order valence-corrected chi connectivity index (χ4v) is 2.62. The number of benzene rings is 1. The van der Waals surface area contributed by atoms with Gasteiger partial charge in [0.25, 0.3) is 0 Å². The molecule has 1 amide bonds. The monoisotopic (exact) mass is 233 g/mol. The first-order chi connectivity index (χ1) is 8.09. The van der Waals surface area contributed by atoms with Gasteiger partial charge in [0.2, 0.25) is 5.91 Å². The smallest absolute Gasteiger partial charge is 0.307 e. The van der Waals surface area contributed by atoms with Gasteiger partial charge >= 0.3 is 5.97 Å². The predicted molar refractivity (Wildman–Crippen MR) is 58.6 cm³/mol. The maximum Gasteiger partial charge on any atom is 0.307 e. The molecule has 2 aliphatic rings. The molecule has 5 nitrogen and oxygen atoms in total. The lowest BCUT2D eigenvalue weighted by Crippen LogP contribution is -2.31. The SMILES string of the molecule is O=C(O)C1C2CN(c3ccc(O)cc3)C(=O)C21. The molecule has 1 saturated heterocycles. The summed E-state index contributed by atoms with van der Waals surface area (Å²) in [6, 6.07) is 6.35. The minimum Gasteiger partial charge on any atom is -0.508 e. The summed E-state index contributed by atoms with van der Waals surface area (Å²) in [5, 5.41) is 18.0. The summed E-state index contributed by atoms with van der Waals surface area (Å²) in [5.41, 5.74) is 0.712. The first kappa shape index (κ1) is 10.1. The highest BCUT2D eigenvalue weighted by molar-refractivity contribution is 6.04. The standard InChI is InChI=1S/C12H11NO4/c14-7-3-1-6(2-4-7)13-5-8-9(11(13)15)10(8)12(16)17/h1-4,8-10,14H,5H2,(H,16,17). The number of hydrogen-bond acceptors (Lipinski definition) is 3. The molecule has 5 heteroatoms. The van der Waals surface area contributed by atoms with Crippen molar-refractivity contribution in [2.24, 2.45) is 17.8 Å². The van der Waals surface area contributed by atoms with Crippen LogP contribution >= 0.6 is 0 Å². The Hall–Kier alpha value is -2.04. The van der Waals surface area contributed by atoms with E-state index in [-0.39, 0.29) is 23.5 Å². The Labute approximate surface area is 97.3 Å². The number of phenols is 1. The second-order valence-electron chi connectivity index (χ2n) is 4.52. The third-order valence-corrected chi connectivity index (χ3v) is 3.56. The molecule has 3 unspecified atom stereocenters. The van der Waals surface area contributed by atoms with E-state index in [9.17, 15) is 9.59 Å². The van der Waals surface area contributed by atoms with Gasteiger partial charge in [0, 0.05) is 18.2 Å². The van der Waals surface area contributed by atoms with Gasteiger partial charge in [0.05, 0.1) is 11.8 Å². The molecular formula is C12H11NO4. The molecule has 0 aromatic heterocycles. The van der Waals surface area contributed by atoms with Crippen molar-refractivity contribution >= 4 is 17.6 Å². The summed E-state index contributed by atoms with van der Waals surface area (Å²) < 4.78 is 0. The van der Waals surface area contributed by atoms with Crippen LogP contribution in [0.4, 0.5) is 5.69 Å². The number of fused-ring (bicyclic) bond motifs is 1.